The second-order valence-corrected chi connectivity index (χ2v) is 7.49. The van der Waals surface area contributed by atoms with Gasteiger partial charge in [-0.25, -0.2) is 4.98 Å². The highest BCUT2D eigenvalue weighted by Gasteiger charge is 2.05. The number of hydrogen-bond donors (Lipinski definition) is 2. The second-order valence-electron chi connectivity index (χ2n) is 6.43. The minimum Gasteiger partial charge on any atom is -0.487 e. The SMILES string of the molecule is Cc1nc(COc2ccccc2/C=C/C(=O)NCCNC(=O)c2ccccc2)cs1. The molecule has 0 aliphatic heterocycles. The summed E-state index contributed by atoms with van der Waals surface area (Å²) in [6.45, 7) is 3.02. The number of aromatic nitrogens is 1. The first-order chi connectivity index (χ1) is 14.6. The Bertz CT molecular complexity index is 1020. The van der Waals surface area contributed by atoms with Crippen LogP contribution in [0, 0.1) is 6.92 Å². The molecular weight excluding hydrogens is 398 g/mol. The Morgan fingerprint density at radius 2 is 1.77 bits per heavy atom. The molecule has 0 saturated heterocycles. The molecule has 0 aliphatic rings. The molecule has 0 saturated carbocycles. The zero-order valence-electron chi connectivity index (χ0n) is 16.6. The van der Waals surface area contributed by atoms with Crippen LogP contribution in [-0.2, 0) is 11.4 Å². The Morgan fingerprint density at radius 3 is 2.53 bits per heavy atom. The predicted molar refractivity (Wildman–Crippen MR) is 118 cm³/mol. The lowest BCUT2D eigenvalue weighted by molar-refractivity contribution is -0.116. The number of carbonyl (C=O) groups is 2. The molecule has 0 aliphatic carbocycles. The Kier molecular flexibility index (Phi) is 7.74. The largest absolute Gasteiger partial charge is 0.487 e. The molecule has 1 aromatic heterocycles. The highest BCUT2D eigenvalue weighted by Crippen LogP contribution is 2.21. The number of ether oxygens (including phenoxy) is 1. The maximum absolute atomic E-state index is 12.1. The molecule has 2 amide bonds. The number of nitrogens with one attached hydrogen (secondary N) is 2. The number of thiazole rings is 1. The fourth-order valence-electron chi connectivity index (χ4n) is 2.65. The minimum absolute atomic E-state index is 0.165. The van der Waals surface area contributed by atoms with Gasteiger partial charge < -0.3 is 15.4 Å². The van der Waals surface area contributed by atoms with E-state index in [1.54, 1.807) is 41.7 Å². The molecular formula is C23H23N3O3S. The first kappa shape index (κ1) is 21.3. The summed E-state index contributed by atoms with van der Waals surface area (Å²) >= 11 is 1.58. The van der Waals surface area contributed by atoms with Crippen LogP contribution in [0.15, 0.2) is 66.1 Å². The molecule has 6 nitrogen and oxygen atoms in total. The average molecular weight is 422 g/mol. The molecule has 30 heavy (non-hydrogen) atoms. The predicted octanol–water partition coefficient (Wildman–Crippen LogP) is 3.59. The molecule has 3 aromatic rings. The summed E-state index contributed by atoms with van der Waals surface area (Å²) in [4.78, 5) is 28.4. The number of para-hydroxylation sites is 1. The van der Waals surface area contributed by atoms with Gasteiger partial charge in [0.15, 0.2) is 0 Å². The lowest BCUT2D eigenvalue weighted by Crippen LogP contribution is -2.33. The van der Waals surface area contributed by atoms with E-state index in [0.717, 1.165) is 16.3 Å². The number of amides is 2. The van der Waals surface area contributed by atoms with Crippen molar-refractivity contribution in [3.05, 3.63) is 87.9 Å². The summed E-state index contributed by atoms with van der Waals surface area (Å²) in [7, 11) is 0. The summed E-state index contributed by atoms with van der Waals surface area (Å²) in [6, 6.07) is 16.5. The first-order valence-corrected chi connectivity index (χ1v) is 10.4. The van der Waals surface area contributed by atoms with Gasteiger partial charge >= 0.3 is 0 Å². The van der Waals surface area contributed by atoms with E-state index >= 15 is 0 Å². The van der Waals surface area contributed by atoms with E-state index in [0.29, 0.717) is 31.0 Å². The molecule has 0 radical (unpaired) electrons. The quantitative estimate of drug-likeness (QED) is 0.409. The van der Waals surface area contributed by atoms with Crippen molar-refractivity contribution < 1.29 is 14.3 Å². The molecule has 0 fully saturated rings. The molecule has 154 valence electrons. The van der Waals surface area contributed by atoms with Crippen LogP contribution in [0.2, 0.25) is 0 Å². The maximum atomic E-state index is 12.1. The van der Waals surface area contributed by atoms with E-state index in [2.05, 4.69) is 15.6 Å². The number of nitrogens with zero attached hydrogens (tertiary/aromatic N) is 1. The molecule has 3 rings (SSSR count). The molecule has 7 heteroatoms. The van der Waals surface area contributed by atoms with E-state index in [1.807, 2.05) is 42.6 Å². The zero-order valence-corrected chi connectivity index (χ0v) is 17.4. The molecule has 0 bridgehead atoms. The lowest BCUT2D eigenvalue weighted by Gasteiger charge is -2.08. The molecule has 0 spiro atoms. The van der Waals surface area contributed by atoms with Gasteiger partial charge in [0.1, 0.15) is 12.4 Å². The Labute approximate surface area is 179 Å². The fraction of sp³-hybridized carbons (Fsp3) is 0.174. The number of rotatable bonds is 9. The summed E-state index contributed by atoms with van der Waals surface area (Å²) < 4.78 is 5.85. The van der Waals surface area contributed by atoms with Crippen molar-refractivity contribution in [2.45, 2.75) is 13.5 Å². The van der Waals surface area contributed by atoms with Gasteiger partial charge in [0.25, 0.3) is 5.91 Å². The average Bonchev–Trinajstić information content (AvgIpc) is 3.20. The highest BCUT2D eigenvalue weighted by atomic mass is 32.1. The van der Waals surface area contributed by atoms with Crippen LogP contribution < -0.4 is 15.4 Å². The van der Waals surface area contributed by atoms with E-state index < -0.39 is 0 Å². The monoisotopic (exact) mass is 421 g/mol. The Balaban J connectivity index is 1.44. The number of hydrogen-bond acceptors (Lipinski definition) is 5. The van der Waals surface area contributed by atoms with Gasteiger partial charge in [-0.15, -0.1) is 11.3 Å². The van der Waals surface area contributed by atoms with Gasteiger partial charge in [-0.3, -0.25) is 9.59 Å². The number of aryl methyl sites for hydroxylation is 1. The van der Waals surface area contributed by atoms with Crippen LogP contribution in [0.25, 0.3) is 6.08 Å². The van der Waals surface area contributed by atoms with Crippen molar-refractivity contribution in [1.82, 2.24) is 15.6 Å². The molecule has 2 aromatic carbocycles. The van der Waals surface area contributed by atoms with E-state index in [-0.39, 0.29) is 11.8 Å². The van der Waals surface area contributed by atoms with Crippen molar-refractivity contribution in [1.29, 1.82) is 0 Å². The third-order valence-electron chi connectivity index (χ3n) is 4.12. The summed E-state index contributed by atoms with van der Waals surface area (Å²) in [5.41, 5.74) is 2.27. The summed E-state index contributed by atoms with van der Waals surface area (Å²) in [6.07, 6.45) is 3.16. The van der Waals surface area contributed by atoms with Gasteiger partial charge in [-0.2, -0.15) is 0 Å². The number of benzene rings is 2. The second kappa shape index (κ2) is 10.9. The Hall–Kier alpha value is -3.45. The highest BCUT2D eigenvalue weighted by molar-refractivity contribution is 7.09. The van der Waals surface area contributed by atoms with Crippen molar-refractivity contribution in [2.75, 3.05) is 13.1 Å². The van der Waals surface area contributed by atoms with Crippen LogP contribution in [0.5, 0.6) is 5.75 Å². The van der Waals surface area contributed by atoms with Crippen LogP contribution in [-0.4, -0.2) is 29.9 Å². The van der Waals surface area contributed by atoms with E-state index in [4.69, 9.17) is 4.74 Å². The standard InChI is InChI=1S/C23H23N3O3S/c1-17-26-20(16-30-17)15-29-21-10-6-5-7-18(21)11-12-22(27)24-13-14-25-23(28)19-8-3-2-4-9-19/h2-12,16H,13-15H2,1H3,(H,24,27)(H,25,28)/b12-11+. The van der Waals surface area contributed by atoms with Gasteiger partial charge in [-0.1, -0.05) is 36.4 Å². The third kappa shape index (κ3) is 6.56. The van der Waals surface area contributed by atoms with Crippen LogP contribution in [0.3, 0.4) is 0 Å². The van der Waals surface area contributed by atoms with Crippen molar-refractivity contribution in [3.63, 3.8) is 0 Å². The molecule has 0 unspecified atom stereocenters. The third-order valence-corrected chi connectivity index (χ3v) is 4.94. The van der Waals surface area contributed by atoms with Gasteiger partial charge in [0.2, 0.25) is 5.91 Å². The fourth-order valence-corrected chi connectivity index (χ4v) is 3.25. The molecule has 2 N–H and O–H groups in total. The Morgan fingerprint density at radius 1 is 1.03 bits per heavy atom. The molecule has 0 atom stereocenters. The summed E-state index contributed by atoms with van der Waals surface area (Å²) in [5, 5.41) is 8.49. The van der Waals surface area contributed by atoms with E-state index in [9.17, 15) is 9.59 Å². The van der Waals surface area contributed by atoms with Crippen LogP contribution in [0.1, 0.15) is 26.6 Å². The number of carbonyl (C=O) groups excluding carboxylic acids is 2. The van der Waals surface area contributed by atoms with Crippen LogP contribution >= 0.6 is 11.3 Å². The van der Waals surface area contributed by atoms with Crippen molar-refractivity contribution in [2.24, 2.45) is 0 Å². The van der Waals surface area contributed by atoms with E-state index in [1.165, 1.54) is 6.08 Å². The minimum atomic E-state index is -0.242. The summed E-state index contributed by atoms with van der Waals surface area (Å²) in [5.74, 6) is 0.276. The first-order valence-electron chi connectivity index (χ1n) is 9.54. The van der Waals surface area contributed by atoms with Gasteiger partial charge in [0.05, 0.1) is 10.7 Å². The topological polar surface area (TPSA) is 80.3 Å². The molecule has 1 heterocycles. The maximum Gasteiger partial charge on any atom is 0.251 e. The van der Waals surface area contributed by atoms with Crippen LogP contribution in [0.4, 0.5) is 0 Å². The zero-order chi connectivity index (χ0) is 21.2. The normalized spacial score (nSPS) is 10.7. The lowest BCUT2D eigenvalue weighted by atomic mass is 10.2. The van der Waals surface area contributed by atoms with Gasteiger partial charge in [-0.05, 0) is 31.2 Å². The van der Waals surface area contributed by atoms with Crippen molar-refractivity contribution in [3.8, 4) is 5.75 Å². The van der Waals surface area contributed by atoms with Gasteiger partial charge in [0, 0.05) is 35.7 Å². The smallest absolute Gasteiger partial charge is 0.251 e. The van der Waals surface area contributed by atoms with Crippen molar-refractivity contribution >= 4 is 29.2 Å².